The van der Waals surface area contributed by atoms with E-state index >= 15 is 0 Å². The molecule has 3 amide bonds. The number of hydrogen-bond acceptors (Lipinski definition) is 14. The Hall–Kier alpha value is -2.03. The van der Waals surface area contributed by atoms with Crippen molar-refractivity contribution < 1.29 is 63.6 Å². The molecule has 0 spiro atoms. The van der Waals surface area contributed by atoms with Gasteiger partial charge in [0.25, 0.3) is 5.91 Å². The summed E-state index contributed by atoms with van der Waals surface area (Å²) in [5.41, 5.74) is 5.66. The Balaban J connectivity index is 1.46. The zero-order valence-corrected chi connectivity index (χ0v) is 31.9. The van der Waals surface area contributed by atoms with Crippen molar-refractivity contribution in [2.75, 3.05) is 32.8 Å². The van der Waals surface area contributed by atoms with Crippen LogP contribution in [0, 0.1) is 17.8 Å². The molecule has 5 aliphatic rings. The minimum absolute atomic E-state index is 0.101. The summed E-state index contributed by atoms with van der Waals surface area (Å²) >= 11 is 0. The number of carbonyl (C=O) groups excluding carboxylic acids is 3. The smallest absolute Gasteiger partial charge is 0.251 e. The fourth-order valence-corrected chi connectivity index (χ4v) is 8.66. The van der Waals surface area contributed by atoms with Gasteiger partial charge in [-0.25, -0.2) is 0 Å². The number of nitrogens with one attached hydrogen (secondary N) is 2. The highest BCUT2D eigenvalue weighted by atomic mass is 16.7. The van der Waals surface area contributed by atoms with Crippen LogP contribution in [0.5, 0.6) is 0 Å². The van der Waals surface area contributed by atoms with Gasteiger partial charge >= 0.3 is 0 Å². The molecule has 2 saturated carbocycles. The van der Waals surface area contributed by atoms with Gasteiger partial charge in [0, 0.05) is 39.0 Å². The van der Waals surface area contributed by atoms with Gasteiger partial charge in [0.2, 0.25) is 11.8 Å². The summed E-state index contributed by atoms with van der Waals surface area (Å²) in [6.07, 6.45) is -7.25. The third kappa shape index (κ3) is 10.3. The molecular weight excluding hydrogens is 708 g/mol. The quantitative estimate of drug-likeness (QED) is 0.0958. The average molecular weight is 773 g/mol. The van der Waals surface area contributed by atoms with Crippen LogP contribution in [0.1, 0.15) is 85.0 Å². The molecule has 0 aromatic rings. The summed E-state index contributed by atoms with van der Waals surface area (Å²) < 4.78 is 31.7. The van der Waals surface area contributed by atoms with Crippen LogP contribution < -0.4 is 16.4 Å². The zero-order valence-electron chi connectivity index (χ0n) is 31.9. The molecule has 0 bridgehead atoms. The molecule has 3 aliphatic heterocycles. The highest BCUT2D eigenvalue weighted by Crippen LogP contribution is 2.40. The van der Waals surface area contributed by atoms with Gasteiger partial charge in [-0.1, -0.05) is 45.4 Å². The van der Waals surface area contributed by atoms with E-state index in [0.717, 1.165) is 38.5 Å². The number of aliphatic hydroxyl groups excluding tert-OH is 5. The molecule has 9 N–H and O–H groups in total. The molecule has 17 heteroatoms. The third-order valence-electron chi connectivity index (χ3n) is 11.9. The molecule has 0 aromatic carbocycles. The fraction of sp³-hybridized carbons (Fsp3) is 0.919. The topological polar surface area (TPSA) is 252 Å². The zero-order chi connectivity index (χ0) is 39.1. The Labute approximate surface area is 317 Å². The number of ether oxygens (including phenoxy) is 5. The van der Waals surface area contributed by atoms with Gasteiger partial charge in [-0.05, 0) is 44.4 Å². The summed E-state index contributed by atoms with van der Waals surface area (Å²) in [6.45, 7) is 5.85. The van der Waals surface area contributed by atoms with Gasteiger partial charge < -0.3 is 70.5 Å². The van der Waals surface area contributed by atoms with Crippen LogP contribution in [-0.4, -0.2) is 161 Å². The van der Waals surface area contributed by atoms with Crippen molar-refractivity contribution in [3.8, 4) is 0 Å². The fourth-order valence-electron chi connectivity index (χ4n) is 8.66. The summed E-state index contributed by atoms with van der Waals surface area (Å²) in [4.78, 5) is 41.7. The summed E-state index contributed by atoms with van der Waals surface area (Å²) in [5, 5.41) is 59.4. The molecule has 0 aromatic heterocycles. The standard InChI is InChI=1S/C37H64N4O13/c1-4-22-16-23(34(48)39-12-11-38)17-24(32(22)54-37-31(47)30(46)28(44)19(2)50-37)52-36-27(40-20(3)43)33(29(45)26(18-42)53-36)51-25(35(49)41-13-8-14-41)15-21-9-6-5-7-10-21/h19,21-33,36-37,42,44-47H,4-18,38H2,1-3H3,(H,39,48)(H,40,43)/t19?,22-,23?,24-,25+,26?,27?,28-,29+,30?,31?,32?,33?,36-,37+/m1/s1. The van der Waals surface area contributed by atoms with Gasteiger partial charge in [0.05, 0.1) is 24.9 Å². The van der Waals surface area contributed by atoms with E-state index in [9.17, 15) is 39.9 Å². The number of rotatable bonds is 15. The summed E-state index contributed by atoms with van der Waals surface area (Å²) in [7, 11) is 0. The molecule has 5 fully saturated rings. The Morgan fingerprint density at radius 2 is 1.63 bits per heavy atom. The van der Waals surface area contributed by atoms with Gasteiger partial charge in [-0.2, -0.15) is 0 Å². The number of amides is 3. The van der Waals surface area contributed by atoms with Gasteiger partial charge in [0.15, 0.2) is 12.6 Å². The molecule has 3 saturated heterocycles. The number of aliphatic hydroxyl groups is 5. The van der Waals surface area contributed by atoms with Crippen LogP contribution in [0.25, 0.3) is 0 Å². The third-order valence-corrected chi connectivity index (χ3v) is 11.9. The van der Waals surface area contributed by atoms with Crippen LogP contribution in [0.4, 0.5) is 0 Å². The first-order valence-electron chi connectivity index (χ1n) is 20.0. The summed E-state index contributed by atoms with van der Waals surface area (Å²) in [6, 6.07) is -1.17. The van der Waals surface area contributed by atoms with Crippen molar-refractivity contribution in [3.05, 3.63) is 0 Å². The van der Waals surface area contributed by atoms with Crippen molar-refractivity contribution >= 4 is 17.7 Å². The van der Waals surface area contributed by atoms with Crippen LogP contribution in [0.2, 0.25) is 0 Å². The lowest BCUT2D eigenvalue weighted by Gasteiger charge is -2.49. The maximum absolute atomic E-state index is 13.8. The number of nitrogens with zero attached hydrogens (tertiary/aromatic N) is 1. The lowest BCUT2D eigenvalue weighted by molar-refractivity contribution is -0.338. The molecule has 17 nitrogen and oxygen atoms in total. The van der Waals surface area contributed by atoms with Crippen LogP contribution in [0.15, 0.2) is 0 Å². The van der Waals surface area contributed by atoms with E-state index in [2.05, 4.69) is 10.6 Å². The molecule has 3 heterocycles. The van der Waals surface area contributed by atoms with Crippen molar-refractivity contribution in [2.45, 2.75) is 165 Å². The minimum Gasteiger partial charge on any atom is -0.394 e. The van der Waals surface area contributed by atoms with Crippen molar-refractivity contribution in [3.63, 3.8) is 0 Å². The van der Waals surface area contributed by atoms with Crippen molar-refractivity contribution in [1.29, 1.82) is 0 Å². The molecule has 310 valence electrons. The second-order valence-corrected chi connectivity index (χ2v) is 15.8. The average Bonchev–Trinajstić information content (AvgIpc) is 3.13. The highest BCUT2D eigenvalue weighted by Gasteiger charge is 2.53. The predicted molar refractivity (Wildman–Crippen MR) is 191 cm³/mol. The molecule has 5 rings (SSSR count). The van der Waals surface area contributed by atoms with E-state index in [1.54, 1.807) is 11.8 Å². The number of likely N-dealkylation sites (tertiary alicyclic amines) is 1. The first-order valence-corrected chi connectivity index (χ1v) is 20.0. The van der Waals surface area contributed by atoms with Crippen LogP contribution >= 0.6 is 0 Å². The normalized spacial score (nSPS) is 39.7. The maximum atomic E-state index is 13.8. The highest BCUT2D eigenvalue weighted by molar-refractivity contribution is 5.81. The van der Waals surface area contributed by atoms with E-state index in [4.69, 9.17) is 29.4 Å². The second kappa shape index (κ2) is 19.9. The van der Waals surface area contributed by atoms with Crippen LogP contribution in [0.3, 0.4) is 0 Å². The van der Waals surface area contributed by atoms with Gasteiger partial charge in [0.1, 0.15) is 48.8 Å². The first kappa shape index (κ1) is 43.1. The van der Waals surface area contributed by atoms with Gasteiger partial charge in [-0.15, -0.1) is 0 Å². The monoisotopic (exact) mass is 772 g/mol. The van der Waals surface area contributed by atoms with Crippen molar-refractivity contribution in [2.24, 2.45) is 23.5 Å². The molecule has 54 heavy (non-hydrogen) atoms. The van der Waals surface area contributed by atoms with E-state index < -0.39 is 98.1 Å². The lowest BCUT2D eigenvalue weighted by Crippen LogP contribution is -2.67. The second-order valence-electron chi connectivity index (χ2n) is 15.8. The molecular formula is C37H64N4O13. The largest absolute Gasteiger partial charge is 0.394 e. The van der Waals surface area contributed by atoms with E-state index in [1.807, 2.05) is 6.92 Å². The minimum atomic E-state index is -1.60. The Morgan fingerprint density at radius 1 is 0.907 bits per heavy atom. The van der Waals surface area contributed by atoms with Crippen LogP contribution in [-0.2, 0) is 38.1 Å². The van der Waals surface area contributed by atoms with Crippen molar-refractivity contribution in [1.82, 2.24) is 15.5 Å². The van der Waals surface area contributed by atoms with E-state index in [-0.39, 0.29) is 43.2 Å². The first-order chi connectivity index (χ1) is 25.9. The molecule has 2 aliphatic carbocycles. The Morgan fingerprint density at radius 3 is 2.24 bits per heavy atom. The van der Waals surface area contributed by atoms with Gasteiger partial charge in [-0.3, -0.25) is 14.4 Å². The predicted octanol–water partition coefficient (Wildman–Crippen LogP) is -1.37. The number of nitrogens with two attached hydrogens (primary N) is 1. The Kier molecular flexibility index (Phi) is 15.9. The maximum Gasteiger partial charge on any atom is 0.251 e. The Bertz CT molecular complexity index is 1220. The molecule has 0 radical (unpaired) electrons. The van der Waals surface area contributed by atoms with E-state index in [1.165, 1.54) is 6.92 Å². The summed E-state index contributed by atoms with van der Waals surface area (Å²) in [5.74, 6) is -1.56. The molecule has 8 unspecified atom stereocenters. The number of hydrogen-bond donors (Lipinski definition) is 8. The van der Waals surface area contributed by atoms with E-state index in [0.29, 0.717) is 32.4 Å². The molecule has 15 atom stereocenters. The SMILES string of the molecule is CC[C@@H]1CC(C(=O)NCCN)C[C@@H](O[C@@H]2OC(CO)[C@H](O)C(O[C@@H](CC3CCCCC3)C(=O)N3CCC3)C2NC(C)=O)C1O[C@@H]1OC(C)[C@@H](O)C(O)C1O. The lowest BCUT2D eigenvalue weighted by atomic mass is 9.75. The number of carbonyl (C=O) groups is 3.